The van der Waals surface area contributed by atoms with Gasteiger partial charge in [-0.25, -0.2) is 0 Å². The van der Waals surface area contributed by atoms with Crippen molar-refractivity contribution in [1.29, 1.82) is 0 Å². The molecule has 0 aliphatic heterocycles. The van der Waals surface area contributed by atoms with Crippen molar-refractivity contribution < 1.29 is 18.6 Å². The van der Waals surface area contributed by atoms with Crippen molar-refractivity contribution in [3.8, 4) is 0 Å². The van der Waals surface area contributed by atoms with E-state index in [0.29, 0.717) is 0 Å². The van der Waals surface area contributed by atoms with Crippen LogP contribution in [0.1, 0.15) is 0 Å². The number of hydrogen-bond donors (Lipinski definition) is 0. The molecule has 0 aromatic rings. The molecule has 4 heteroatoms. The van der Waals surface area contributed by atoms with Crippen molar-refractivity contribution in [3.63, 3.8) is 0 Å². The van der Waals surface area contributed by atoms with Crippen LogP contribution in [0.25, 0.3) is 0 Å². The molecule has 3 radical (unpaired) electrons. The van der Waals surface area contributed by atoms with E-state index in [9.17, 15) is 0 Å². The van der Waals surface area contributed by atoms with Gasteiger partial charge in [0.05, 0.1) is 0 Å². The molecule has 0 bridgehead atoms. The zero-order chi connectivity index (χ0) is 2.00. The molecule has 0 aliphatic carbocycles. The molecule has 0 unspecified atom stereocenters. The predicted molar refractivity (Wildman–Crippen MR) is 20.0 cm³/mol. The normalized spacial score (nSPS) is 1.00. The molecular formula is LiPSV. The van der Waals surface area contributed by atoms with Gasteiger partial charge in [0.1, 0.15) is 0 Å². The Hall–Kier alpha value is 1.70. The van der Waals surface area contributed by atoms with E-state index in [1.54, 1.807) is 0 Å². The van der Waals surface area contributed by atoms with Crippen LogP contribution < -0.4 is 0 Å². The fourth-order valence-corrected chi connectivity index (χ4v) is 0. The summed E-state index contributed by atoms with van der Waals surface area (Å²) in [5.41, 5.74) is 0. The molecule has 0 nitrogen and oxygen atoms in total. The Bertz CT molecular complexity index is 8.00. The standard InChI is InChI=1S/Li.PS.V/c;1-2;. The first-order chi connectivity index (χ1) is 1.00. The molecule has 0 spiro atoms. The molecule has 0 aromatic carbocycles. The largest absolute Gasteiger partial charge is 0.0464 e. The van der Waals surface area contributed by atoms with E-state index < -0.39 is 0 Å². The van der Waals surface area contributed by atoms with Gasteiger partial charge in [0.15, 0.2) is 0 Å². The molecule has 17 valence electrons. The Balaban J connectivity index is -0.00000000500. The van der Waals surface area contributed by atoms with Crippen LogP contribution in [0.3, 0.4) is 0 Å². The van der Waals surface area contributed by atoms with Gasteiger partial charge in [0.25, 0.3) is 0 Å². The van der Waals surface area contributed by atoms with Gasteiger partial charge in [-0.05, 0) is 11.8 Å². The van der Waals surface area contributed by atoms with Crippen molar-refractivity contribution in [2.45, 2.75) is 0 Å². The van der Waals surface area contributed by atoms with Crippen LogP contribution in [0.5, 0.6) is 0 Å². The molecule has 0 aliphatic rings. The number of hydrogen-bond acceptors (Lipinski definition) is 1. The van der Waals surface area contributed by atoms with Crippen molar-refractivity contribution in [2.24, 2.45) is 0 Å². The zero-order valence-electron chi connectivity index (χ0n) is 2.30. The smallest absolute Gasteiger partial charge is 0.0464 e. The molecule has 0 fully saturated rings. The second-order valence-electron chi connectivity index (χ2n) is 0. The summed E-state index contributed by atoms with van der Waals surface area (Å²) in [6, 6.07) is 0. The third-order valence-corrected chi connectivity index (χ3v) is 0. The second kappa shape index (κ2) is 22.2. The summed E-state index contributed by atoms with van der Waals surface area (Å²) in [6.45, 7) is 0. The van der Waals surface area contributed by atoms with E-state index in [4.69, 9.17) is 0 Å². The van der Waals surface area contributed by atoms with E-state index in [1.165, 1.54) is 0 Å². The molecular weight excluding hydrogens is 121 g/mol. The van der Waals surface area contributed by atoms with E-state index in [1.807, 2.05) is 0 Å². The first-order valence-electron chi connectivity index (χ1n) is 0.183. The van der Waals surface area contributed by atoms with Gasteiger partial charge in [-0.3, -0.25) is 0 Å². The summed E-state index contributed by atoms with van der Waals surface area (Å²) in [7, 11) is 3.11. The molecule has 0 aromatic heterocycles. The molecule has 0 rings (SSSR count). The Labute approximate surface area is 57.0 Å². The topological polar surface area (TPSA) is 0 Å². The van der Waals surface area contributed by atoms with E-state index in [0.717, 1.165) is 0 Å². The summed E-state index contributed by atoms with van der Waals surface area (Å²) in [4.78, 5) is 0. The average molecular weight is 121 g/mol. The van der Waals surface area contributed by atoms with Crippen LogP contribution in [0.15, 0.2) is 0 Å². The maximum atomic E-state index is 3.78. The minimum absolute atomic E-state index is 0. The fraction of sp³-hybridized carbons (Fsp3) is 0. The van der Waals surface area contributed by atoms with Crippen LogP contribution in [0.4, 0.5) is 0 Å². The van der Waals surface area contributed by atoms with E-state index in [-0.39, 0.29) is 37.4 Å². The van der Waals surface area contributed by atoms with Gasteiger partial charge in [-0.1, -0.05) is 0 Å². The SMILES string of the molecule is [Li].[P]=S.[V]. The second-order valence-corrected chi connectivity index (χ2v) is 0. The molecule has 0 saturated carbocycles. The van der Waals surface area contributed by atoms with Gasteiger partial charge in [0.2, 0.25) is 0 Å². The van der Waals surface area contributed by atoms with Crippen molar-refractivity contribution >= 4 is 38.7 Å². The van der Waals surface area contributed by atoms with Crippen molar-refractivity contribution in [1.82, 2.24) is 0 Å². The Morgan fingerprint density at radius 3 is 1.25 bits per heavy atom. The van der Waals surface area contributed by atoms with Crippen molar-refractivity contribution in [2.75, 3.05) is 0 Å². The van der Waals surface area contributed by atoms with Crippen LogP contribution >= 0.6 is 8.02 Å². The van der Waals surface area contributed by atoms with Gasteiger partial charge >= 0.3 is 0 Å². The monoisotopic (exact) mass is 121 g/mol. The van der Waals surface area contributed by atoms with Gasteiger partial charge in [-0.15, -0.1) is 0 Å². The van der Waals surface area contributed by atoms with Crippen LogP contribution in [-0.4, -0.2) is 18.9 Å². The number of rotatable bonds is 0. The first-order valence-corrected chi connectivity index (χ1v) is 1.64. The van der Waals surface area contributed by atoms with Crippen LogP contribution in [0, 0.1) is 0 Å². The molecule has 0 saturated heterocycles. The summed E-state index contributed by atoms with van der Waals surface area (Å²) >= 11 is 3.78. The maximum absolute atomic E-state index is 3.78. The molecule has 4 heavy (non-hydrogen) atoms. The van der Waals surface area contributed by atoms with Crippen LogP contribution in [-0.2, 0) is 30.4 Å². The van der Waals surface area contributed by atoms with E-state index in [2.05, 4.69) is 19.8 Å². The quantitative estimate of drug-likeness (QED) is 0.331. The third kappa shape index (κ3) is 9.33. The summed E-state index contributed by atoms with van der Waals surface area (Å²) < 4.78 is 0. The molecule has 0 atom stereocenters. The minimum Gasteiger partial charge on any atom is -0.0464 e. The van der Waals surface area contributed by atoms with Gasteiger partial charge in [0, 0.05) is 45.4 Å². The molecule has 0 heterocycles. The minimum atomic E-state index is 0. The van der Waals surface area contributed by atoms with E-state index >= 15 is 0 Å². The third-order valence-electron chi connectivity index (χ3n) is 0. The van der Waals surface area contributed by atoms with Crippen molar-refractivity contribution in [3.05, 3.63) is 0 Å². The zero-order valence-corrected chi connectivity index (χ0v) is 5.41. The summed E-state index contributed by atoms with van der Waals surface area (Å²) in [5.74, 6) is 0. The first kappa shape index (κ1) is 17.3. The molecule has 0 N–H and O–H groups in total. The molecule has 0 amide bonds. The van der Waals surface area contributed by atoms with Gasteiger partial charge in [-0.2, -0.15) is 0 Å². The predicted octanol–water partition coefficient (Wildman–Crippen LogP) is 0.475. The fourth-order valence-electron chi connectivity index (χ4n) is 0. The summed E-state index contributed by atoms with van der Waals surface area (Å²) in [6.07, 6.45) is 0. The summed E-state index contributed by atoms with van der Waals surface area (Å²) in [5, 5.41) is 0. The average Bonchev–Trinajstić information content (AvgIpc) is 1.00. The Morgan fingerprint density at radius 2 is 1.25 bits per heavy atom. The Morgan fingerprint density at radius 1 is 1.25 bits per heavy atom. The van der Waals surface area contributed by atoms with Crippen LogP contribution in [0.2, 0.25) is 0 Å². The van der Waals surface area contributed by atoms with Gasteiger partial charge < -0.3 is 0 Å². The Kier molecular flexibility index (Phi) is 96.0. The maximum Gasteiger partial charge on any atom is 0.0464 e.